The number of nitrogens with one attached hydrogen (secondary N) is 1. The topological polar surface area (TPSA) is 100 Å². The third-order valence-electron chi connectivity index (χ3n) is 3.70. The Morgan fingerprint density at radius 1 is 0.931 bits per heavy atom. The molecule has 0 unspecified atom stereocenters. The SMILES string of the molecule is COc1cccc(C(=O)OCC(=O)Nc2ccc(C(=O)OC(C)C)cc2)c1OC. The molecule has 8 nitrogen and oxygen atoms in total. The maximum absolute atomic E-state index is 12.3. The van der Waals surface area contributed by atoms with Gasteiger partial charge in [-0.3, -0.25) is 4.79 Å². The van der Waals surface area contributed by atoms with Crippen LogP contribution in [0.15, 0.2) is 42.5 Å². The van der Waals surface area contributed by atoms with E-state index >= 15 is 0 Å². The van der Waals surface area contributed by atoms with Crippen LogP contribution in [0, 0.1) is 0 Å². The van der Waals surface area contributed by atoms with Crippen molar-refractivity contribution in [3.05, 3.63) is 53.6 Å². The minimum atomic E-state index is -0.720. The summed E-state index contributed by atoms with van der Waals surface area (Å²) in [6.07, 6.45) is -0.222. The molecule has 0 bridgehead atoms. The van der Waals surface area contributed by atoms with Crippen LogP contribution in [0.1, 0.15) is 34.6 Å². The van der Waals surface area contributed by atoms with Crippen LogP contribution < -0.4 is 14.8 Å². The molecular weight excluding hydrogens is 378 g/mol. The van der Waals surface area contributed by atoms with Crippen molar-refractivity contribution >= 4 is 23.5 Å². The lowest BCUT2D eigenvalue weighted by Crippen LogP contribution is -2.21. The Labute approximate surface area is 168 Å². The molecule has 0 spiro atoms. The van der Waals surface area contributed by atoms with Crippen LogP contribution >= 0.6 is 0 Å². The zero-order valence-electron chi connectivity index (χ0n) is 16.7. The Balaban J connectivity index is 1.93. The number of ether oxygens (including phenoxy) is 4. The molecule has 0 fully saturated rings. The van der Waals surface area contributed by atoms with Gasteiger partial charge in [-0.25, -0.2) is 9.59 Å². The van der Waals surface area contributed by atoms with Gasteiger partial charge >= 0.3 is 11.9 Å². The molecule has 0 aliphatic carbocycles. The van der Waals surface area contributed by atoms with Gasteiger partial charge in [0, 0.05) is 5.69 Å². The van der Waals surface area contributed by atoms with Crippen molar-refractivity contribution in [2.24, 2.45) is 0 Å². The number of hydrogen-bond acceptors (Lipinski definition) is 7. The number of benzene rings is 2. The summed E-state index contributed by atoms with van der Waals surface area (Å²) in [5.74, 6) is -1.09. The molecule has 8 heteroatoms. The monoisotopic (exact) mass is 401 g/mol. The predicted octanol–water partition coefficient (Wildman–Crippen LogP) is 3.06. The first-order chi connectivity index (χ1) is 13.8. The smallest absolute Gasteiger partial charge is 0.342 e. The van der Waals surface area contributed by atoms with E-state index in [1.807, 2.05) is 0 Å². The first-order valence-electron chi connectivity index (χ1n) is 8.84. The molecule has 0 aliphatic rings. The van der Waals surface area contributed by atoms with Gasteiger partial charge in [0.25, 0.3) is 5.91 Å². The van der Waals surface area contributed by atoms with E-state index < -0.39 is 24.5 Å². The Morgan fingerprint density at radius 2 is 1.62 bits per heavy atom. The number of esters is 2. The summed E-state index contributed by atoms with van der Waals surface area (Å²) in [5, 5.41) is 2.58. The van der Waals surface area contributed by atoms with Crippen LogP contribution in [0.3, 0.4) is 0 Å². The molecule has 2 rings (SSSR count). The fourth-order valence-electron chi connectivity index (χ4n) is 2.43. The van der Waals surface area contributed by atoms with Crippen LogP contribution in [0.4, 0.5) is 5.69 Å². The molecule has 1 amide bonds. The molecule has 0 heterocycles. The number of methoxy groups -OCH3 is 2. The maximum Gasteiger partial charge on any atom is 0.342 e. The highest BCUT2D eigenvalue weighted by Gasteiger charge is 2.19. The summed E-state index contributed by atoms with van der Waals surface area (Å²) in [5.41, 5.74) is 0.965. The van der Waals surface area contributed by atoms with Crippen molar-refractivity contribution in [1.82, 2.24) is 0 Å². The van der Waals surface area contributed by atoms with E-state index in [9.17, 15) is 14.4 Å². The third kappa shape index (κ3) is 5.97. The molecular formula is C21H23NO7. The third-order valence-corrected chi connectivity index (χ3v) is 3.70. The largest absolute Gasteiger partial charge is 0.493 e. The van der Waals surface area contributed by atoms with Gasteiger partial charge in [-0.05, 0) is 50.2 Å². The van der Waals surface area contributed by atoms with Crippen molar-refractivity contribution < 1.29 is 33.3 Å². The number of rotatable bonds is 8. The van der Waals surface area contributed by atoms with Crippen LogP contribution in [0.2, 0.25) is 0 Å². The number of carbonyl (C=O) groups excluding carboxylic acids is 3. The minimum Gasteiger partial charge on any atom is -0.493 e. The molecule has 0 saturated carbocycles. The summed E-state index contributed by atoms with van der Waals surface area (Å²) in [6, 6.07) is 11.0. The fourth-order valence-corrected chi connectivity index (χ4v) is 2.43. The van der Waals surface area contributed by atoms with Crippen molar-refractivity contribution in [3.8, 4) is 11.5 Å². The average molecular weight is 401 g/mol. The molecule has 0 radical (unpaired) electrons. The second kappa shape index (κ2) is 10.1. The normalized spacial score (nSPS) is 10.2. The van der Waals surface area contributed by atoms with Gasteiger partial charge in [-0.2, -0.15) is 0 Å². The maximum atomic E-state index is 12.3. The van der Waals surface area contributed by atoms with Gasteiger partial charge in [0.1, 0.15) is 5.56 Å². The molecule has 29 heavy (non-hydrogen) atoms. The van der Waals surface area contributed by atoms with Crippen molar-refractivity contribution in [2.45, 2.75) is 20.0 Å². The van der Waals surface area contributed by atoms with Crippen molar-refractivity contribution in [2.75, 3.05) is 26.1 Å². The van der Waals surface area contributed by atoms with E-state index in [0.717, 1.165) is 0 Å². The lowest BCUT2D eigenvalue weighted by atomic mass is 10.2. The Hall–Kier alpha value is -3.55. The number of para-hydroxylation sites is 1. The number of carbonyl (C=O) groups is 3. The van der Waals surface area contributed by atoms with E-state index in [-0.39, 0.29) is 17.4 Å². The standard InChI is InChI=1S/C21H23NO7/c1-13(2)29-20(24)14-8-10-15(11-9-14)22-18(23)12-28-21(25)16-6-5-7-17(26-3)19(16)27-4/h5-11,13H,12H2,1-4H3,(H,22,23). The fraction of sp³-hybridized carbons (Fsp3) is 0.286. The molecule has 154 valence electrons. The van der Waals surface area contributed by atoms with Crippen LogP contribution in [0.5, 0.6) is 11.5 Å². The van der Waals surface area contributed by atoms with Crippen LogP contribution in [0.25, 0.3) is 0 Å². The van der Waals surface area contributed by atoms with Gasteiger partial charge < -0.3 is 24.3 Å². The van der Waals surface area contributed by atoms with E-state index in [1.165, 1.54) is 32.4 Å². The van der Waals surface area contributed by atoms with E-state index in [1.54, 1.807) is 38.1 Å². The van der Waals surface area contributed by atoms with Crippen LogP contribution in [-0.4, -0.2) is 44.8 Å². The van der Waals surface area contributed by atoms with E-state index in [2.05, 4.69) is 5.32 Å². The molecule has 0 aromatic heterocycles. The lowest BCUT2D eigenvalue weighted by Gasteiger charge is -2.12. The summed E-state index contributed by atoms with van der Waals surface area (Å²) in [4.78, 5) is 36.1. The van der Waals surface area contributed by atoms with Crippen molar-refractivity contribution in [1.29, 1.82) is 0 Å². The summed E-state index contributed by atoms with van der Waals surface area (Å²) in [6.45, 7) is 3.03. The zero-order valence-corrected chi connectivity index (χ0v) is 16.7. The quantitative estimate of drug-likeness (QED) is 0.679. The van der Waals surface area contributed by atoms with Crippen molar-refractivity contribution in [3.63, 3.8) is 0 Å². The first-order valence-corrected chi connectivity index (χ1v) is 8.84. The lowest BCUT2D eigenvalue weighted by molar-refractivity contribution is -0.119. The molecule has 0 saturated heterocycles. The van der Waals surface area contributed by atoms with Gasteiger partial charge in [0.05, 0.1) is 25.9 Å². The second-order valence-corrected chi connectivity index (χ2v) is 6.20. The second-order valence-electron chi connectivity index (χ2n) is 6.20. The molecule has 2 aromatic rings. The van der Waals surface area contributed by atoms with Gasteiger partial charge in [0.15, 0.2) is 18.1 Å². The van der Waals surface area contributed by atoms with Crippen LogP contribution in [-0.2, 0) is 14.3 Å². The highest BCUT2D eigenvalue weighted by molar-refractivity contribution is 5.97. The number of hydrogen-bond donors (Lipinski definition) is 1. The first kappa shape index (κ1) is 21.7. The summed E-state index contributed by atoms with van der Waals surface area (Å²) in [7, 11) is 2.86. The molecule has 1 N–H and O–H groups in total. The van der Waals surface area contributed by atoms with Gasteiger partial charge in [-0.15, -0.1) is 0 Å². The predicted molar refractivity (Wildman–Crippen MR) is 105 cm³/mol. The highest BCUT2D eigenvalue weighted by Crippen LogP contribution is 2.31. The zero-order chi connectivity index (χ0) is 21.4. The van der Waals surface area contributed by atoms with E-state index in [4.69, 9.17) is 18.9 Å². The highest BCUT2D eigenvalue weighted by atomic mass is 16.5. The van der Waals surface area contributed by atoms with E-state index in [0.29, 0.717) is 17.0 Å². The average Bonchev–Trinajstić information content (AvgIpc) is 2.71. The van der Waals surface area contributed by atoms with Gasteiger partial charge in [-0.1, -0.05) is 6.07 Å². The number of anilines is 1. The molecule has 0 aliphatic heterocycles. The minimum absolute atomic E-state index is 0.146. The molecule has 2 aromatic carbocycles. The summed E-state index contributed by atoms with van der Waals surface area (Å²) < 4.78 is 20.5. The number of amides is 1. The Bertz CT molecular complexity index is 875. The Kier molecular flexibility index (Phi) is 7.59. The van der Waals surface area contributed by atoms with Gasteiger partial charge in [0.2, 0.25) is 0 Å². The Morgan fingerprint density at radius 3 is 2.21 bits per heavy atom. The molecule has 0 atom stereocenters. The summed E-state index contributed by atoms with van der Waals surface area (Å²) >= 11 is 0.